The highest BCUT2D eigenvalue weighted by atomic mass is 35.5. The van der Waals surface area contributed by atoms with Gasteiger partial charge < -0.3 is 9.47 Å². The molecule has 0 aromatic heterocycles. The molecule has 0 aliphatic carbocycles. The average molecular weight is 408 g/mol. The number of methoxy groups -OCH3 is 1. The summed E-state index contributed by atoms with van der Waals surface area (Å²) < 4.78 is 24.5. The van der Waals surface area contributed by atoms with E-state index in [-0.39, 0.29) is 16.3 Å². The summed E-state index contributed by atoms with van der Waals surface area (Å²) >= 11 is 5.91. The summed E-state index contributed by atoms with van der Waals surface area (Å²) in [5, 5.41) is 9.54. The third-order valence-corrected chi connectivity index (χ3v) is 4.38. The first kappa shape index (κ1) is 20.1. The Hall–Kier alpha value is -3.62. The second-order valence-electron chi connectivity index (χ2n) is 5.93. The van der Waals surface area contributed by atoms with Gasteiger partial charge in [-0.2, -0.15) is 5.26 Å². The minimum atomic E-state index is -0.903. The van der Waals surface area contributed by atoms with Crippen LogP contribution in [0.4, 0.5) is 4.39 Å². The van der Waals surface area contributed by atoms with Gasteiger partial charge in [-0.3, -0.25) is 0 Å². The monoisotopic (exact) mass is 407 g/mol. The van der Waals surface area contributed by atoms with Crippen molar-refractivity contribution in [3.05, 3.63) is 94.3 Å². The lowest BCUT2D eigenvalue weighted by atomic mass is 10.0. The van der Waals surface area contributed by atoms with E-state index in [0.717, 1.165) is 6.07 Å². The first-order chi connectivity index (χ1) is 14.0. The molecule has 0 aliphatic heterocycles. The number of para-hydroxylation sites is 1. The van der Waals surface area contributed by atoms with Crippen LogP contribution in [0.25, 0.3) is 11.6 Å². The van der Waals surface area contributed by atoms with Gasteiger partial charge in [0.15, 0.2) is 0 Å². The zero-order valence-corrected chi connectivity index (χ0v) is 16.1. The Bertz CT molecular complexity index is 1110. The highest BCUT2D eigenvalue weighted by molar-refractivity contribution is 6.33. The number of nitriles is 1. The fraction of sp³-hybridized carbons (Fsp3) is 0.0435. The SMILES string of the molecule is COc1ccccc1/C(C#N)=C\c1cccc(OC(=O)c2c(F)cccc2Cl)c1. The minimum absolute atomic E-state index is 0.0333. The van der Waals surface area contributed by atoms with Gasteiger partial charge >= 0.3 is 5.97 Å². The second-order valence-corrected chi connectivity index (χ2v) is 6.34. The molecule has 0 radical (unpaired) electrons. The maximum atomic E-state index is 13.9. The molecule has 0 fully saturated rings. The van der Waals surface area contributed by atoms with Gasteiger partial charge in [-0.25, -0.2) is 9.18 Å². The Morgan fingerprint density at radius 3 is 2.59 bits per heavy atom. The molecule has 0 atom stereocenters. The Labute approximate surface area is 172 Å². The van der Waals surface area contributed by atoms with Crippen molar-refractivity contribution in [3.8, 4) is 17.6 Å². The molecule has 6 heteroatoms. The van der Waals surface area contributed by atoms with E-state index in [1.165, 1.54) is 19.2 Å². The summed E-state index contributed by atoms with van der Waals surface area (Å²) in [7, 11) is 1.53. The largest absolute Gasteiger partial charge is 0.496 e. The van der Waals surface area contributed by atoms with E-state index >= 15 is 0 Å². The summed E-state index contributed by atoms with van der Waals surface area (Å²) in [6, 6.07) is 19.8. The normalized spacial score (nSPS) is 10.9. The number of nitrogens with zero attached hydrogens (tertiary/aromatic N) is 1. The van der Waals surface area contributed by atoms with E-state index in [0.29, 0.717) is 22.4 Å². The quantitative estimate of drug-likeness (QED) is 0.233. The van der Waals surface area contributed by atoms with E-state index in [9.17, 15) is 14.4 Å². The summed E-state index contributed by atoms with van der Waals surface area (Å²) in [4.78, 5) is 12.3. The average Bonchev–Trinajstić information content (AvgIpc) is 2.72. The molecule has 0 spiro atoms. The van der Waals surface area contributed by atoms with Crippen LogP contribution in [0.5, 0.6) is 11.5 Å². The molecule has 3 aromatic carbocycles. The van der Waals surface area contributed by atoms with E-state index in [4.69, 9.17) is 21.1 Å². The van der Waals surface area contributed by atoms with Crippen molar-refractivity contribution in [2.45, 2.75) is 0 Å². The fourth-order valence-corrected chi connectivity index (χ4v) is 2.96. The van der Waals surface area contributed by atoms with Crippen molar-refractivity contribution in [2.75, 3.05) is 7.11 Å². The van der Waals surface area contributed by atoms with Crippen molar-refractivity contribution in [1.82, 2.24) is 0 Å². The van der Waals surface area contributed by atoms with Gasteiger partial charge in [0.25, 0.3) is 0 Å². The van der Waals surface area contributed by atoms with Crippen LogP contribution >= 0.6 is 11.6 Å². The van der Waals surface area contributed by atoms with Crippen molar-refractivity contribution in [1.29, 1.82) is 5.26 Å². The zero-order valence-electron chi connectivity index (χ0n) is 15.4. The molecule has 0 saturated heterocycles. The number of carbonyl (C=O) groups is 1. The number of halogens is 2. The maximum Gasteiger partial charge on any atom is 0.348 e. The molecule has 0 heterocycles. The summed E-state index contributed by atoms with van der Waals surface area (Å²) in [5.41, 5.74) is 1.31. The van der Waals surface area contributed by atoms with E-state index in [1.807, 2.05) is 6.07 Å². The number of benzene rings is 3. The Morgan fingerprint density at radius 1 is 1.10 bits per heavy atom. The van der Waals surface area contributed by atoms with Gasteiger partial charge in [0.05, 0.1) is 23.8 Å². The van der Waals surface area contributed by atoms with Crippen molar-refractivity contribution in [2.24, 2.45) is 0 Å². The third kappa shape index (κ3) is 4.63. The maximum absolute atomic E-state index is 13.9. The number of hydrogen-bond acceptors (Lipinski definition) is 4. The van der Waals surface area contributed by atoms with E-state index < -0.39 is 11.8 Å². The second kappa shape index (κ2) is 9.05. The standard InChI is InChI=1S/C23H15ClFNO3/c1-28-21-11-3-2-8-18(21)16(14-26)12-15-6-4-7-17(13-15)29-23(27)22-19(24)9-5-10-20(22)25/h2-13H,1H3/b16-12-. The first-order valence-electron chi connectivity index (χ1n) is 8.55. The molecule has 3 aromatic rings. The molecule has 0 amide bonds. The smallest absolute Gasteiger partial charge is 0.348 e. The van der Waals surface area contributed by atoms with Gasteiger partial charge in [-0.15, -0.1) is 0 Å². The van der Waals surface area contributed by atoms with Crippen molar-refractivity contribution >= 4 is 29.2 Å². The summed E-state index contributed by atoms with van der Waals surface area (Å²) in [5.74, 6) is -0.904. The van der Waals surface area contributed by atoms with Crippen LogP contribution in [0.3, 0.4) is 0 Å². The first-order valence-corrected chi connectivity index (χ1v) is 8.92. The fourth-order valence-electron chi connectivity index (χ4n) is 2.72. The van der Waals surface area contributed by atoms with Crippen LogP contribution in [0, 0.1) is 17.1 Å². The van der Waals surface area contributed by atoms with Gasteiger partial charge in [0, 0.05) is 5.56 Å². The predicted octanol–water partition coefficient (Wildman–Crippen LogP) is 5.77. The predicted molar refractivity (Wildman–Crippen MR) is 109 cm³/mol. The minimum Gasteiger partial charge on any atom is -0.496 e. The molecule has 0 bridgehead atoms. The molecule has 0 unspecified atom stereocenters. The molecule has 0 saturated carbocycles. The Kier molecular flexibility index (Phi) is 6.28. The highest BCUT2D eigenvalue weighted by Gasteiger charge is 2.18. The lowest BCUT2D eigenvalue weighted by molar-refractivity contribution is 0.0730. The Balaban J connectivity index is 1.90. The van der Waals surface area contributed by atoms with Crippen LogP contribution in [0.2, 0.25) is 5.02 Å². The van der Waals surface area contributed by atoms with Crippen LogP contribution in [0.15, 0.2) is 66.7 Å². The van der Waals surface area contributed by atoms with E-state index in [2.05, 4.69) is 6.07 Å². The van der Waals surface area contributed by atoms with Crippen LogP contribution < -0.4 is 9.47 Å². The lowest BCUT2D eigenvalue weighted by Crippen LogP contribution is -2.11. The topological polar surface area (TPSA) is 59.3 Å². The highest BCUT2D eigenvalue weighted by Crippen LogP contribution is 2.28. The number of allylic oxidation sites excluding steroid dienone is 1. The third-order valence-electron chi connectivity index (χ3n) is 4.06. The molecule has 144 valence electrons. The molecular formula is C23H15ClFNO3. The molecule has 4 nitrogen and oxygen atoms in total. The van der Waals surface area contributed by atoms with Gasteiger partial charge in [0.2, 0.25) is 0 Å². The molecular weight excluding hydrogens is 393 g/mol. The van der Waals surface area contributed by atoms with Crippen LogP contribution in [0.1, 0.15) is 21.5 Å². The van der Waals surface area contributed by atoms with Crippen molar-refractivity contribution in [3.63, 3.8) is 0 Å². The zero-order chi connectivity index (χ0) is 20.8. The summed E-state index contributed by atoms with van der Waals surface area (Å²) in [6.45, 7) is 0. The number of hydrogen-bond donors (Lipinski definition) is 0. The molecule has 0 aliphatic rings. The lowest BCUT2D eigenvalue weighted by Gasteiger charge is -2.08. The molecule has 29 heavy (non-hydrogen) atoms. The van der Waals surface area contributed by atoms with Gasteiger partial charge in [-0.1, -0.05) is 41.9 Å². The number of carbonyl (C=O) groups excluding carboxylic acids is 1. The van der Waals surface area contributed by atoms with Crippen LogP contribution in [-0.4, -0.2) is 13.1 Å². The molecule has 3 rings (SSSR count). The Morgan fingerprint density at radius 2 is 1.86 bits per heavy atom. The van der Waals surface area contributed by atoms with Crippen LogP contribution in [-0.2, 0) is 0 Å². The van der Waals surface area contributed by atoms with Gasteiger partial charge in [0.1, 0.15) is 22.9 Å². The number of ether oxygens (including phenoxy) is 2. The van der Waals surface area contributed by atoms with E-state index in [1.54, 1.807) is 48.5 Å². The molecule has 0 N–H and O–H groups in total. The van der Waals surface area contributed by atoms with Crippen molar-refractivity contribution < 1.29 is 18.7 Å². The number of rotatable bonds is 5. The van der Waals surface area contributed by atoms with Gasteiger partial charge in [-0.05, 0) is 48.0 Å². The number of esters is 1. The summed E-state index contributed by atoms with van der Waals surface area (Å²) in [6.07, 6.45) is 1.64.